The van der Waals surface area contributed by atoms with Crippen LogP contribution in [0.1, 0.15) is 25.5 Å². The van der Waals surface area contributed by atoms with Gasteiger partial charge in [-0.05, 0) is 25.0 Å². The molecule has 0 aromatic carbocycles. The van der Waals surface area contributed by atoms with Gasteiger partial charge in [-0.25, -0.2) is 4.98 Å². The molecule has 5 heteroatoms. The van der Waals surface area contributed by atoms with Crippen LogP contribution in [0.3, 0.4) is 0 Å². The number of pyridine rings is 1. The van der Waals surface area contributed by atoms with Crippen molar-refractivity contribution in [3.63, 3.8) is 0 Å². The van der Waals surface area contributed by atoms with Crippen molar-refractivity contribution in [3.05, 3.63) is 22.8 Å². The SMILES string of the molecule is CCC(CCO)Nc1ccc(Cl)c(C#N)n1. The predicted molar refractivity (Wildman–Crippen MR) is 63.4 cm³/mol. The summed E-state index contributed by atoms with van der Waals surface area (Å²) < 4.78 is 0. The first-order valence-corrected chi connectivity index (χ1v) is 5.53. The second-order valence-electron chi connectivity index (χ2n) is 3.40. The Balaban J connectivity index is 2.77. The molecule has 16 heavy (non-hydrogen) atoms. The maximum atomic E-state index is 8.86. The maximum Gasteiger partial charge on any atom is 0.161 e. The van der Waals surface area contributed by atoms with Gasteiger partial charge in [0.1, 0.15) is 11.9 Å². The zero-order valence-electron chi connectivity index (χ0n) is 9.07. The second-order valence-corrected chi connectivity index (χ2v) is 3.81. The Morgan fingerprint density at radius 3 is 2.94 bits per heavy atom. The molecular formula is C11H14ClN3O. The van der Waals surface area contributed by atoms with Crippen LogP contribution in [-0.2, 0) is 0 Å². The lowest BCUT2D eigenvalue weighted by molar-refractivity contribution is 0.278. The van der Waals surface area contributed by atoms with Crippen LogP contribution in [-0.4, -0.2) is 22.7 Å². The first-order valence-electron chi connectivity index (χ1n) is 5.15. The van der Waals surface area contributed by atoms with Crippen molar-refractivity contribution in [2.45, 2.75) is 25.8 Å². The Morgan fingerprint density at radius 1 is 1.62 bits per heavy atom. The molecule has 0 saturated carbocycles. The largest absolute Gasteiger partial charge is 0.396 e. The summed E-state index contributed by atoms with van der Waals surface area (Å²) in [7, 11) is 0. The molecule has 0 bridgehead atoms. The number of nitrogens with zero attached hydrogens (tertiary/aromatic N) is 2. The first kappa shape index (κ1) is 12.8. The summed E-state index contributed by atoms with van der Waals surface area (Å²) in [5.41, 5.74) is 0.213. The van der Waals surface area contributed by atoms with Crippen LogP contribution in [0.15, 0.2) is 12.1 Å². The topological polar surface area (TPSA) is 68.9 Å². The second kappa shape index (κ2) is 6.31. The Labute approximate surface area is 99.9 Å². The summed E-state index contributed by atoms with van der Waals surface area (Å²) in [4.78, 5) is 4.07. The molecule has 0 amide bonds. The number of nitrogens with one attached hydrogen (secondary N) is 1. The number of anilines is 1. The molecule has 0 aliphatic heterocycles. The van der Waals surface area contributed by atoms with Crippen LogP contribution in [0.25, 0.3) is 0 Å². The van der Waals surface area contributed by atoms with Gasteiger partial charge in [-0.1, -0.05) is 18.5 Å². The highest BCUT2D eigenvalue weighted by atomic mass is 35.5. The number of hydrogen-bond donors (Lipinski definition) is 2. The minimum absolute atomic E-state index is 0.129. The highest BCUT2D eigenvalue weighted by Gasteiger charge is 2.08. The van der Waals surface area contributed by atoms with Crippen molar-refractivity contribution in [2.24, 2.45) is 0 Å². The molecule has 1 unspecified atom stereocenters. The Bertz CT molecular complexity index is 389. The van der Waals surface area contributed by atoms with Gasteiger partial charge in [0.05, 0.1) is 5.02 Å². The lowest BCUT2D eigenvalue weighted by Gasteiger charge is -2.16. The van der Waals surface area contributed by atoms with Gasteiger partial charge in [-0.15, -0.1) is 0 Å². The Morgan fingerprint density at radius 2 is 2.38 bits per heavy atom. The fourth-order valence-corrected chi connectivity index (χ4v) is 1.49. The fourth-order valence-electron chi connectivity index (χ4n) is 1.34. The molecule has 4 nitrogen and oxygen atoms in total. The van der Waals surface area contributed by atoms with E-state index < -0.39 is 0 Å². The first-order chi connectivity index (χ1) is 7.71. The average molecular weight is 240 g/mol. The zero-order valence-corrected chi connectivity index (χ0v) is 9.83. The molecule has 0 aliphatic carbocycles. The summed E-state index contributed by atoms with van der Waals surface area (Å²) in [6, 6.07) is 5.45. The third-order valence-electron chi connectivity index (χ3n) is 2.27. The summed E-state index contributed by atoms with van der Waals surface area (Å²) in [5.74, 6) is 0.612. The summed E-state index contributed by atoms with van der Waals surface area (Å²) in [6.07, 6.45) is 1.54. The molecule has 0 spiro atoms. The molecule has 2 N–H and O–H groups in total. The number of rotatable bonds is 5. The lowest BCUT2D eigenvalue weighted by atomic mass is 10.1. The van der Waals surface area contributed by atoms with Crippen molar-refractivity contribution >= 4 is 17.4 Å². The van der Waals surface area contributed by atoms with Gasteiger partial charge in [0.2, 0.25) is 0 Å². The highest BCUT2D eigenvalue weighted by molar-refractivity contribution is 6.31. The van der Waals surface area contributed by atoms with E-state index in [1.165, 1.54) is 0 Å². The quantitative estimate of drug-likeness (QED) is 0.826. The van der Waals surface area contributed by atoms with Gasteiger partial charge >= 0.3 is 0 Å². The van der Waals surface area contributed by atoms with Crippen LogP contribution in [0, 0.1) is 11.3 Å². The zero-order chi connectivity index (χ0) is 12.0. The molecule has 0 radical (unpaired) electrons. The fraction of sp³-hybridized carbons (Fsp3) is 0.455. The summed E-state index contributed by atoms with van der Waals surface area (Å²) in [6.45, 7) is 2.15. The number of halogens is 1. The molecule has 1 aromatic rings. The van der Waals surface area contributed by atoms with E-state index in [1.807, 2.05) is 13.0 Å². The van der Waals surface area contributed by atoms with E-state index in [-0.39, 0.29) is 18.3 Å². The normalized spacial score (nSPS) is 11.9. The molecule has 1 atom stereocenters. The van der Waals surface area contributed by atoms with Gasteiger partial charge in [0, 0.05) is 12.6 Å². The standard InChI is InChI=1S/C11H14ClN3O/c1-2-8(5-6-16)14-11-4-3-9(12)10(7-13)15-11/h3-4,8,16H,2,5-6H2,1H3,(H,14,15). The molecule has 1 heterocycles. The maximum absolute atomic E-state index is 8.86. The van der Waals surface area contributed by atoms with Gasteiger partial charge in [-0.3, -0.25) is 0 Å². The number of aliphatic hydroxyl groups is 1. The van der Waals surface area contributed by atoms with E-state index >= 15 is 0 Å². The third-order valence-corrected chi connectivity index (χ3v) is 2.58. The molecule has 0 aliphatic rings. The van der Waals surface area contributed by atoms with Gasteiger partial charge < -0.3 is 10.4 Å². The van der Waals surface area contributed by atoms with Crippen molar-refractivity contribution < 1.29 is 5.11 Å². The van der Waals surface area contributed by atoms with Crippen LogP contribution in [0.4, 0.5) is 5.82 Å². The van der Waals surface area contributed by atoms with Crippen LogP contribution in [0.5, 0.6) is 0 Å². The molecule has 1 aromatic heterocycles. The average Bonchev–Trinajstić information content (AvgIpc) is 2.30. The van der Waals surface area contributed by atoms with E-state index in [0.29, 0.717) is 17.3 Å². The smallest absolute Gasteiger partial charge is 0.161 e. The Hall–Kier alpha value is -1.31. The number of hydrogen-bond acceptors (Lipinski definition) is 4. The summed E-state index contributed by atoms with van der Waals surface area (Å²) in [5, 5.41) is 21.1. The van der Waals surface area contributed by atoms with E-state index in [9.17, 15) is 0 Å². The molecule has 0 fully saturated rings. The number of aliphatic hydroxyl groups excluding tert-OH is 1. The summed E-state index contributed by atoms with van der Waals surface area (Å²) >= 11 is 5.78. The third kappa shape index (κ3) is 3.37. The molecule has 0 saturated heterocycles. The van der Waals surface area contributed by atoms with E-state index in [1.54, 1.807) is 12.1 Å². The monoisotopic (exact) mass is 239 g/mol. The minimum atomic E-state index is 0.129. The minimum Gasteiger partial charge on any atom is -0.396 e. The van der Waals surface area contributed by atoms with Crippen LogP contribution >= 0.6 is 11.6 Å². The molecule has 86 valence electrons. The Kier molecular flexibility index (Phi) is 5.03. The van der Waals surface area contributed by atoms with Crippen molar-refractivity contribution in [1.82, 2.24) is 4.98 Å². The van der Waals surface area contributed by atoms with Gasteiger partial charge in [0.25, 0.3) is 0 Å². The number of aromatic nitrogens is 1. The van der Waals surface area contributed by atoms with E-state index in [0.717, 1.165) is 6.42 Å². The van der Waals surface area contributed by atoms with Gasteiger partial charge in [-0.2, -0.15) is 5.26 Å². The van der Waals surface area contributed by atoms with E-state index in [4.69, 9.17) is 22.0 Å². The van der Waals surface area contributed by atoms with E-state index in [2.05, 4.69) is 10.3 Å². The molecule has 1 rings (SSSR count). The van der Waals surface area contributed by atoms with Crippen LogP contribution < -0.4 is 5.32 Å². The van der Waals surface area contributed by atoms with Crippen molar-refractivity contribution in [2.75, 3.05) is 11.9 Å². The highest BCUT2D eigenvalue weighted by Crippen LogP contribution is 2.17. The van der Waals surface area contributed by atoms with Gasteiger partial charge in [0.15, 0.2) is 5.69 Å². The van der Waals surface area contributed by atoms with Crippen molar-refractivity contribution in [1.29, 1.82) is 5.26 Å². The van der Waals surface area contributed by atoms with Crippen molar-refractivity contribution in [3.8, 4) is 6.07 Å². The predicted octanol–water partition coefficient (Wildman–Crippen LogP) is 2.18. The number of nitriles is 1. The molecular weight excluding hydrogens is 226 g/mol. The van der Waals surface area contributed by atoms with Crippen LogP contribution in [0.2, 0.25) is 5.02 Å². The lowest BCUT2D eigenvalue weighted by Crippen LogP contribution is -2.20.